The van der Waals surface area contributed by atoms with E-state index < -0.39 is 10.0 Å². The summed E-state index contributed by atoms with van der Waals surface area (Å²) in [6.45, 7) is 2.36. The number of methoxy groups -OCH3 is 1. The Balaban J connectivity index is 1.69. The van der Waals surface area contributed by atoms with Crippen LogP contribution >= 0.6 is 0 Å². The van der Waals surface area contributed by atoms with Crippen molar-refractivity contribution in [3.8, 4) is 5.75 Å². The average molecular weight is 437 g/mol. The van der Waals surface area contributed by atoms with Gasteiger partial charge in [-0.2, -0.15) is 0 Å². The highest BCUT2D eigenvalue weighted by Gasteiger charge is 2.29. The number of para-hydroxylation sites is 1. The second-order valence-corrected chi connectivity index (χ2v) is 9.35. The summed E-state index contributed by atoms with van der Waals surface area (Å²) in [5.74, 6) is 0.0506. The third-order valence-electron chi connectivity index (χ3n) is 5.39. The van der Waals surface area contributed by atoms with Crippen LogP contribution in [-0.4, -0.2) is 28.0 Å². The highest BCUT2D eigenvalue weighted by Crippen LogP contribution is 2.34. The van der Waals surface area contributed by atoms with Crippen molar-refractivity contribution in [1.82, 2.24) is 0 Å². The van der Waals surface area contributed by atoms with Crippen LogP contribution in [0.15, 0.2) is 71.6 Å². The minimum absolute atomic E-state index is 0.101. The summed E-state index contributed by atoms with van der Waals surface area (Å²) in [5, 5.41) is 2.78. The first-order valence-electron chi connectivity index (χ1n) is 10.1. The van der Waals surface area contributed by atoms with E-state index in [2.05, 4.69) is 5.32 Å². The van der Waals surface area contributed by atoms with Crippen LogP contribution in [0.4, 0.5) is 11.4 Å². The van der Waals surface area contributed by atoms with Gasteiger partial charge in [-0.05, 0) is 61.7 Å². The molecular weight excluding hydrogens is 412 g/mol. The smallest absolute Gasteiger partial charge is 0.264 e. The molecule has 1 N–H and O–H groups in total. The molecule has 1 heterocycles. The van der Waals surface area contributed by atoms with Gasteiger partial charge < -0.3 is 10.1 Å². The third kappa shape index (κ3) is 4.14. The standard InChI is InChI=1S/C24H24N2O4S/c1-17-9-11-19(12-10-17)24(27)25-21-16-20(13-14-23(21)30-2)31(28,29)26-15-5-7-18-6-3-4-8-22(18)26/h3-4,6,8-14,16H,5,7,15H2,1-2H3,(H,25,27). The minimum Gasteiger partial charge on any atom is -0.495 e. The molecule has 4 rings (SSSR count). The molecule has 1 aliphatic heterocycles. The maximum atomic E-state index is 13.5. The van der Waals surface area contributed by atoms with Crippen LogP contribution in [-0.2, 0) is 16.4 Å². The molecule has 6 nitrogen and oxygen atoms in total. The number of rotatable bonds is 5. The van der Waals surface area contributed by atoms with Gasteiger partial charge in [0.1, 0.15) is 5.75 Å². The average Bonchev–Trinajstić information content (AvgIpc) is 2.79. The molecule has 0 radical (unpaired) electrons. The quantitative estimate of drug-likeness (QED) is 0.643. The Kier molecular flexibility index (Phi) is 5.69. The maximum Gasteiger partial charge on any atom is 0.264 e. The first-order chi connectivity index (χ1) is 14.9. The van der Waals surface area contributed by atoms with E-state index in [0.717, 1.165) is 24.0 Å². The van der Waals surface area contributed by atoms with E-state index in [0.29, 0.717) is 29.2 Å². The zero-order chi connectivity index (χ0) is 22.0. The van der Waals surface area contributed by atoms with Crippen molar-refractivity contribution in [3.63, 3.8) is 0 Å². The van der Waals surface area contributed by atoms with Crippen LogP contribution in [0.1, 0.15) is 27.9 Å². The number of hydrogen-bond acceptors (Lipinski definition) is 4. The zero-order valence-corrected chi connectivity index (χ0v) is 18.3. The van der Waals surface area contributed by atoms with Crippen LogP contribution in [0.5, 0.6) is 5.75 Å². The van der Waals surface area contributed by atoms with E-state index in [1.165, 1.54) is 23.5 Å². The molecule has 7 heteroatoms. The monoisotopic (exact) mass is 436 g/mol. The van der Waals surface area contributed by atoms with Gasteiger partial charge in [0.05, 0.1) is 23.4 Å². The molecule has 0 aliphatic carbocycles. The van der Waals surface area contributed by atoms with Gasteiger partial charge in [-0.15, -0.1) is 0 Å². The number of aryl methyl sites for hydroxylation is 2. The second-order valence-electron chi connectivity index (χ2n) is 7.49. The van der Waals surface area contributed by atoms with Gasteiger partial charge in [0.2, 0.25) is 0 Å². The Bertz CT molecular complexity index is 1220. The summed E-state index contributed by atoms with van der Waals surface area (Å²) in [6.07, 6.45) is 1.60. The summed E-state index contributed by atoms with van der Waals surface area (Å²) in [7, 11) is -2.32. The van der Waals surface area contributed by atoms with Crippen molar-refractivity contribution in [1.29, 1.82) is 0 Å². The van der Waals surface area contributed by atoms with Crippen molar-refractivity contribution in [2.24, 2.45) is 0 Å². The molecule has 1 amide bonds. The predicted octanol–water partition coefficient (Wildman–Crippen LogP) is 4.40. The number of amides is 1. The van der Waals surface area contributed by atoms with Crippen molar-refractivity contribution < 1.29 is 17.9 Å². The molecule has 0 saturated carbocycles. The lowest BCUT2D eigenvalue weighted by atomic mass is 10.0. The van der Waals surface area contributed by atoms with E-state index in [4.69, 9.17) is 4.74 Å². The number of nitrogens with zero attached hydrogens (tertiary/aromatic N) is 1. The van der Waals surface area contributed by atoms with E-state index in [1.807, 2.05) is 43.3 Å². The van der Waals surface area contributed by atoms with Crippen LogP contribution < -0.4 is 14.4 Å². The van der Waals surface area contributed by atoms with Crippen LogP contribution in [0.3, 0.4) is 0 Å². The van der Waals surface area contributed by atoms with E-state index in [1.54, 1.807) is 18.2 Å². The molecule has 3 aromatic carbocycles. The number of carbonyl (C=O) groups excluding carboxylic acids is 1. The molecule has 31 heavy (non-hydrogen) atoms. The lowest BCUT2D eigenvalue weighted by molar-refractivity contribution is 0.102. The molecule has 160 valence electrons. The molecule has 0 atom stereocenters. The number of benzene rings is 3. The molecule has 3 aromatic rings. The van der Waals surface area contributed by atoms with Crippen LogP contribution in [0.2, 0.25) is 0 Å². The summed E-state index contributed by atoms with van der Waals surface area (Å²) in [4.78, 5) is 12.8. The molecule has 0 saturated heterocycles. The Hall–Kier alpha value is -3.32. The van der Waals surface area contributed by atoms with Gasteiger partial charge in [-0.3, -0.25) is 9.10 Å². The fourth-order valence-corrected chi connectivity index (χ4v) is 5.29. The predicted molar refractivity (Wildman–Crippen MR) is 121 cm³/mol. The molecule has 0 aromatic heterocycles. The van der Waals surface area contributed by atoms with Gasteiger partial charge in [0.15, 0.2) is 0 Å². The fraction of sp³-hybridized carbons (Fsp3) is 0.208. The maximum absolute atomic E-state index is 13.5. The topological polar surface area (TPSA) is 75.7 Å². The number of hydrogen-bond donors (Lipinski definition) is 1. The van der Waals surface area contributed by atoms with Crippen LogP contribution in [0.25, 0.3) is 0 Å². The Morgan fingerprint density at radius 3 is 2.52 bits per heavy atom. The number of nitrogens with one attached hydrogen (secondary N) is 1. The normalized spacial score (nSPS) is 13.4. The van der Waals surface area contributed by atoms with Gasteiger partial charge in [-0.25, -0.2) is 8.42 Å². The molecular formula is C24H24N2O4S. The zero-order valence-electron chi connectivity index (χ0n) is 17.5. The van der Waals surface area contributed by atoms with Gasteiger partial charge in [0, 0.05) is 12.1 Å². The minimum atomic E-state index is -3.80. The van der Waals surface area contributed by atoms with E-state index in [9.17, 15) is 13.2 Å². The number of fused-ring (bicyclic) bond motifs is 1. The SMILES string of the molecule is COc1ccc(S(=O)(=O)N2CCCc3ccccc32)cc1NC(=O)c1ccc(C)cc1. The van der Waals surface area contributed by atoms with E-state index in [-0.39, 0.29) is 10.8 Å². The summed E-state index contributed by atoms with van der Waals surface area (Å²) < 4.78 is 33.7. The third-order valence-corrected chi connectivity index (χ3v) is 7.20. The second kappa shape index (κ2) is 8.43. The summed E-state index contributed by atoms with van der Waals surface area (Å²) in [5.41, 5.74) is 3.54. The Labute approximate surface area is 182 Å². The fourth-order valence-electron chi connectivity index (χ4n) is 3.72. The lowest BCUT2D eigenvalue weighted by Gasteiger charge is -2.30. The van der Waals surface area contributed by atoms with E-state index >= 15 is 0 Å². The van der Waals surface area contributed by atoms with Crippen molar-refractivity contribution >= 4 is 27.3 Å². The highest BCUT2D eigenvalue weighted by molar-refractivity contribution is 7.92. The number of ether oxygens (including phenoxy) is 1. The van der Waals surface area contributed by atoms with Crippen molar-refractivity contribution in [2.75, 3.05) is 23.3 Å². The lowest BCUT2D eigenvalue weighted by Crippen LogP contribution is -2.35. The van der Waals surface area contributed by atoms with Gasteiger partial charge >= 0.3 is 0 Å². The number of sulfonamides is 1. The summed E-state index contributed by atoms with van der Waals surface area (Å²) in [6, 6.07) is 19.2. The van der Waals surface area contributed by atoms with Crippen molar-refractivity contribution in [3.05, 3.63) is 83.4 Å². The molecule has 0 fully saturated rings. The first-order valence-corrected chi connectivity index (χ1v) is 11.5. The Morgan fingerprint density at radius 2 is 1.77 bits per heavy atom. The van der Waals surface area contributed by atoms with Gasteiger partial charge in [-0.1, -0.05) is 35.9 Å². The van der Waals surface area contributed by atoms with Crippen LogP contribution in [0, 0.1) is 6.92 Å². The summed E-state index contributed by atoms with van der Waals surface area (Å²) >= 11 is 0. The largest absolute Gasteiger partial charge is 0.495 e. The Morgan fingerprint density at radius 1 is 1.03 bits per heavy atom. The number of anilines is 2. The van der Waals surface area contributed by atoms with Crippen molar-refractivity contribution in [2.45, 2.75) is 24.7 Å². The molecule has 0 spiro atoms. The molecule has 0 unspecified atom stereocenters. The first kappa shape index (κ1) is 20.9. The van der Waals surface area contributed by atoms with Gasteiger partial charge in [0.25, 0.3) is 15.9 Å². The number of carbonyl (C=O) groups is 1. The molecule has 1 aliphatic rings. The molecule has 0 bridgehead atoms. The highest BCUT2D eigenvalue weighted by atomic mass is 32.2.